The van der Waals surface area contributed by atoms with Crippen LogP contribution in [0.15, 0.2) is 35.1 Å². The highest BCUT2D eigenvalue weighted by atomic mass is 19.4. The fourth-order valence-electron chi connectivity index (χ4n) is 3.78. The van der Waals surface area contributed by atoms with E-state index in [-0.39, 0.29) is 12.4 Å². The Morgan fingerprint density at radius 3 is 2.70 bits per heavy atom. The number of halogens is 4. The lowest BCUT2D eigenvalue weighted by Gasteiger charge is -2.32. The van der Waals surface area contributed by atoms with Crippen LogP contribution in [-0.2, 0) is 18.3 Å². The van der Waals surface area contributed by atoms with Crippen LogP contribution in [0.1, 0.15) is 59.1 Å². The smallest absolute Gasteiger partial charge is 0.413 e. The van der Waals surface area contributed by atoms with Crippen LogP contribution in [0.25, 0.3) is 5.52 Å². The Kier molecular flexibility index (Phi) is 4.55. The van der Waals surface area contributed by atoms with Crippen molar-refractivity contribution in [2.24, 2.45) is 0 Å². The van der Waals surface area contributed by atoms with Crippen LogP contribution in [0.5, 0.6) is 0 Å². The minimum absolute atomic E-state index is 0.219. The number of rotatable bonds is 3. The first-order chi connectivity index (χ1) is 15.5. The second-order valence-corrected chi connectivity index (χ2v) is 8.16. The maximum Gasteiger partial charge on any atom is 0.417 e. The third kappa shape index (κ3) is 3.62. The molecule has 13 heteroatoms. The van der Waals surface area contributed by atoms with Gasteiger partial charge in [-0.05, 0) is 32.0 Å². The van der Waals surface area contributed by atoms with Gasteiger partial charge in [-0.25, -0.2) is 13.9 Å². The maximum absolute atomic E-state index is 14.1. The summed E-state index contributed by atoms with van der Waals surface area (Å²) >= 11 is 0. The van der Waals surface area contributed by atoms with Gasteiger partial charge in [0.05, 0.1) is 28.8 Å². The first-order valence-corrected chi connectivity index (χ1v) is 9.95. The number of alkyl halides is 4. The molecule has 33 heavy (non-hydrogen) atoms. The SMILES string of the molecule is CC(C)(F)c1nnc(C(=O)N2CCc3[nH]cnc3[C@@H]2c2cc3ccc(C(F)(F)F)cn3n2)o1. The van der Waals surface area contributed by atoms with Gasteiger partial charge in [0.1, 0.15) is 6.04 Å². The number of imidazole rings is 1. The molecule has 0 unspecified atom stereocenters. The van der Waals surface area contributed by atoms with E-state index >= 15 is 0 Å². The number of carbonyl (C=O) groups is 1. The van der Waals surface area contributed by atoms with Crippen LogP contribution in [0.4, 0.5) is 17.6 Å². The Bertz CT molecular complexity index is 1350. The average molecular weight is 463 g/mol. The number of amides is 1. The van der Waals surface area contributed by atoms with Crippen LogP contribution in [0, 0.1) is 0 Å². The maximum atomic E-state index is 14.1. The largest absolute Gasteiger partial charge is 0.417 e. The van der Waals surface area contributed by atoms with E-state index in [9.17, 15) is 22.4 Å². The number of hydrogen-bond donors (Lipinski definition) is 1. The van der Waals surface area contributed by atoms with Gasteiger partial charge < -0.3 is 14.3 Å². The molecular weight excluding hydrogens is 446 g/mol. The van der Waals surface area contributed by atoms with Crippen molar-refractivity contribution in [2.45, 2.75) is 38.2 Å². The Balaban J connectivity index is 1.57. The van der Waals surface area contributed by atoms with Gasteiger partial charge in [-0.15, -0.1) is 10.2 Å². The number of hydrogen-bond acceptors (Lipinski definition) is 6. The highest BCUT2D eigenvalue weighted by Gasteiger charge is 2.39. The number of pyridine rings is 1. The first kappa shape index (κ1) is 21.1. The van der Waals surface area contributed by atoms with Gasteiger partial charge in [-0.3, -0.25) is 4.79 Å². The molecule has 4 aromatic rings. The van der Waals surface area contributed by atoms with Gasteiger partial charge in [0.25, 0.3) is 5.89 Å². The van der Waals surface area contributed by atoms with Gasteiger partial charge in [0, 0.05) is 24.9 Å². The third-order valence-electron chi connectivity index (χ3n) is 5.39. The zero-order valence-electron chi connectivity index (χ0n) is 17.4. The summed E-state index contributed by atoms with van der Waals surface area (Å²) in [7, 11) is 0. The van der Waals surface area contributed by atoms with E-state index in [1.165, 1.54) is 31.1 Å². The van der Waals surface area contributed by atoms with E-state index in [0.717, 1.165) is 22.5 Å². The highest BCUT2D eigenvalue weighted by Crippen LogP contribution is 2.35. The molecule has 1 atom stereocenters. The lowest BCUT2D eigenvalue weighted by atomic mass is 9.99. The number of fused-ring (bicyclic) bond motifs is 2. The summed E-state index contributed by atoms with van der Waals surface area (Å²) in [5.74, 6) is -1.40. The molecule has 0 spiro atoms. The third-order valence-corrected chi connectivity index (χ3v) is 5.39. The highest BCUT2D eigenvalue weighted by molar-refractivity contribution is 5.90. The van der Waals surface area contributed by atoms with Crippen LogP contribution < -0.4 is 0 Å². The van der Waals surface area contributed by atoms with Crippen molar-refractivity contribution < 1.29 is 26.8 Å². The summed E-state index contributed by atoms with van der Waals surface area (Å²) in [5, 5.41) is 11.6. The molecule has 1 N–H and O–H groups in total. The van der Waals surface area contributed by atoms with Crippen molar-refractivity contribution in [1.82, 2.24) is 34.7 Å². The van der Waals surface area contributed by atoms with Gasteiger partial charge >= 0.3 is 18.0 Å². The van der Waals surface area contributed by atoms with Crippen molar-refractivity contribution in [3.05, 3.63) is 65.1 Å². The van der Waals surface area contributed by atoms with E-state index < -0.39 is 35.2 Å². The van der Waals surface area contributed by atoms with Crippen molar-refractivity contribution >= 4 is 11.4 Å². The summed E-state index contributed by atoms with van der Waals surface area (Å²) in [5.41, 5.74) is -0.796. The van der Waals surface area contributed by atoms with Crippen LogP contribution >= 0.6 is 0 Å². The molecule has 1 amide bonds. The average Bonchev–Trinajstić information content (AvgIpc) is 3.49. The summed E-state index contributed by atoms with van der Waals surface area (Å²) in [6, 6.07) is 3.02. The molecule has 0 saturated heterocycles. The number of aromatic nitrogens is 6. The quantitative estimate of drug-likeness (QED) is 0.467. The molecule has 0 fully saturated rings. The predicted octanol–water partition coefficient (Wildman–Crippen LogP) is 3.45. The normalized spacial score (nSPS) is 16.9. The molecule has 5 heterocycles. The van der Waals surface area contributed by atoms with E-state index in [4.69, 9.17) is 4.42 Å². The number of H-pyrrole nitrogens is 1. The number of nitrogens with one attached hydrogen (secondary N) is 1. The van der Waals surface area contributed by atoms with Gasteiger partial charge in [-0.2, -0.15) is 18.3 Å². The predicted molar refractivity (Wildman–Crippen MR) is 104 cm³/mol. The van der Waals surface area contributed by atoms with Crippen LogP contribution in [-0.4, -0.2) is 47.1 Å². The van der Waals surface area contributed by atoms with Gasteiger partial charge in [-0.1, -0.05) is 0 Å². The second-order valence-electron chi connectivity index (χ2n) is 8.16. The summed E-state index contributed by atoms with van der Waals surface area (Å²) in [6.45, 7) is 2.66. The lowest BCUT2D eigenvalue weighted by Crippen LogP contribution is -2.41. The van der Waals surface area contributed by atoms with Gasteiger partial charge in [0.15, 0.2) is 5.67 Å². The molecule has 5 rings (SSSR count). The molecular formula is C20H17F4N7O2. The van der Waals surface area contributed by atoms with Crippen LogP contribution in [0.3, 0.4) is 0 Å². The lowest BCUT2D eigenvalue weighted by molar-refractivity contribution is -0.137. The standard InChI is InChI=1S/C20H17F4N7O2/c1-19(2,21)18-28-27-16(33-18)17(32)30-6-5-12-14(26-9-25-12)15(30)13-7-11-4-3-10(20(22,23)24)8-31(11)29-13/h3-4,7-9,15H,5-6H2,1-2H3,(H,25,26)/t15-/m0/s1. The van der Waals surface area contributed by atoms with Crippen molar-refractivity contribution in [1.29, 1.82) is 0 Å². The molecule has 9 nitrogen and oxygen atoms in total. The number of carbonyl (C=O) groups excluding carboxylic acids is 1. The Labute approximate surface area is 183 Å². The fraction of sp³-hybridized carbons (Fsp3) is 0.350. The molecule has 0 aliphatic carbocycles. The Morgan fingerprint density at radius 1 is 1.21 bits per heavy atom. The van der Waals surface area contributed by atoms with Crippen molar-refractivity contribution in [3.63, 3.8) is 0 Å². The summed E-state index contributed by atoms with van der Waals surface area (Å²) in [6.07, 6.45) is -1.73. The van der Waals surface area contributed by atoms with Crippen LogP contribution in [0.2, 0.25) is 0 Å². The van der Waals surface area contributed by atoms with Gasteiger partial charge in [0.2, 0.25) is 0 Å². The topological polar surface area (TPSA) is 105 Å². The van der Waals surface area contributed by atoms with E-state index in [1.807, 2.05) is 0 Å². The molecule has 1 aliphatic heterocycles. The van der Waals surface area contributed by atoms with E-state index in [2.05, 4.69) is 25.3 Å². The van der Waals surface area contributed by atoms with Crippen molar-refractivity contribution in [2.75, 3.05) is 6.54 Å². The van der Waals surface area contributed by atoms with E-state index in [1.54, 1.807) is 6.07 Å². The molecule has 1 aliphatic rings. The Morgan fingerprint density at radius 2 is 2.00 bits per heavy atom. The first-order valence-electron chi connectivity index (χ1n) is 9.95. The molecule has 0 saturated carbocycles. The Hall–Kier alpha value is -3.77. The number of nitrogens with zero attached hydrogens (tertiary/aromatic N) is 6. The summed E-state index contributed by atoms with van der Waals surface area (Å²) in [4.78, 5) is 21.9. The van der Waals surface area contributed by atoms with Crippen molar-refractivity contribution in [3.8, 4) is 0 Å². The molecule has 0 aromatic carbocycles. The summed E-state index contributed by atoms with van der Waals surface area (Å²) < 4.78 is 59.9. The van der Waals surface area contributed by atoms with E-state index in [0.29, 0.717) is 23.3 Å². The number of aromatic amines is 1. The minimum Gasteiger partial charge on any atom is -0.413 e. The zero-order chi connectivity index (χ0) is 23.5. The molecule has 172 valence electrons. The fourth-order valence-corrected chi connectivity index (χ4v) is 3.78. The monoisotopic (exact) mass is 463 g/mol. The molecule has 0 bridgehead atoms. The molecule has 0 radical (unpaired) electrons. The zero-order valence-corrected chi connectivity index (χ0v) is 17.4. The molecule has 4 aromatic heterocycles. The minimum atomic E-state index is -4.53. The second kappa shape index (κ2) is 7.12.